The second kappa shape index (κ2) is 6.29. The SMILES string of the molecule is COc1cc(Br)ccc1/N=N/c1ccc(O)c(C=O)c1. The smallest absolute Gasteiger partial charge is 0.153 e. The summed E-state index contributed by atoms with van der Waals surface area (Å²) in [6, 6.07) is 9.78. The quantitative estimate of drug-likeness (QED) is 0.665. The third-order valence-corrected chi connectivity index (χ3v) is 3.05. The normalized spacial score (nSPS) is 10.7. The lowest BCUT2D eigenvalue weighted by Crippen LogP contribution is -1.83. The molecular weight excluding hydrogens is 324 g/mol. The Morgan fingerprint density at radius 2 is 2.00 bits per heavy atom. The number of aldehydes is 1. The maximum atomic E-state index is 10.7. The van der Waals surface area contributed by atoms with Gasteiger partial charge in [-0.25, -0.2) is 0 Å². The molecule has 0 heterocycles. The van der Waals surface area contributed by atoms with Crippen LogP contribution in [0.25, 0.3) is 0 Å². The van der Waals surface area contributed by atoms with Crippen molar-refractivity contribution in [1.82, 2.24) is 0 Å². The Morgan fingerprint density at radius 1 is 1.20 bits per heavy atom. The predicted molar refractivity (Wildman–Crippen MR) is 78.4 cm³/mol. The second-order valence-corrected chi connectivity index (χ2v) is 4.79. The van der Waals surface area contributed by atoms with Crippen LogP contribution < -0.4 is 4.74 Å². The number of methoxy groups -OCH3 is 1. The van der Waals surface area contributed by atoms with Crippen LogP contribution in [0.1, 0.15) is 10.4 Å². The van der Waals surface area contributed by atoms with E-state index in [1.807, 2.05) is 6.07 Å². The Bertz CT molecular complexity index is 671. The van der Waals surface area contributed by atoms with E-state index in [-0.39, 0.29) is 11.3 Å². The van der Waals surface area contributed by atoms with Crippen LogP contribution in [-0.2, 0) is 0 Å². The minimum atomic E-state index is -0.0832. The molecule has 0 spiro atoms. The first-order valence-electron chi connectivity index (χ1n) is 5.67. The van der Waals surface area contributed by atoms with Crippen LogP contribution in [0.5, 0.6) is 11.5 Å². The standard InChI is InChI=1S/C14H11BrN2O3/c1-20-14-7-10(15)2-4-12(14)17-16-11-3-5-13(19)9(6-11)8-18/h2-8,19H,1H3/b17-16+. The summed E-state index contributed by atoms with van der Waals surface area (Å²) < 4.78 is 6.07. The van der Waals surface area contributed by atoms with E-state index in [0.29, 0.717) is 23.4 Å². The zero-order chi connectivity index (χ0) is 14.5. The zero-order valence-corrected chi connectivity index (χ0v) is 12.2. The number of benzene rings is 2. The third kappa shape index (κ3) is 3.21. The maximum absolute atomic E-state index is 10.7. The summed E-state index contributed by atoms with van der Waals surface area (Å²) in [4.78, 5) is 10.7. The van der Waals surface area contributed by atoms with Crippen molar-refractivity contribution < 1.29 is 14.6 Å². The van der Waals surface area contributed by atoms with E-state index < -0.39 is 0 Å². The molecule has 0 fully saturated rings. The van der Waals surface area contributed by atoms with E-state index in [2.05, 4.69) is 26.2 Å². The highest BCUT2D eigenvalue weighted by molar-refractivity contribution is 9.10. The molecule has 0 aliphatic heterocycles. The lowest BCUT2D eigenvalue weighted by Gasteiger charge is -2.03. The van der Waals surface area contributed by atoms with Gasteiger partial charge in [0.1, 0.15) is 17.2 Å². The molecule has 0 saturated carbocycles. The van der Waals surface area contributed by atoms with Crippen molar-refractivity contribution in [3.8, 4) is 11.5 Å². The predicted octanol–water partition coefficient (Wildman–Crippen LogP) is 4.39. The average molecular weight is 335 g/mol. The summed E-state index contributed by atoms with van der Waals surface area (Å²) >= 11 is 3.34. The van der Waals surface area contributed by atoms with Gasteiger partial charge in [0.25, 0.3) is 0 Å². The molecule has 1 N–H and O–H groups in total. The largest absolute Gasteiger partial charge is 0.507 e. The van der Waals surface area contributed by atoms with Crippen molar-refractivity contribution in [3.05, 3.63) is 46.4 Å². The molecule has 0 saturated heterocycles. The number of phenolic OH excluding ortho intramolecular Hbond substituents is 1. The first-order valence-corrected chi connectivity index (χ1v) is 6.47. The molecule has 0 aliphatic carbocycles. The Labute approximate surface area is 124 Å². The first kappa shape index (κ1) is 14.2. The van der Waals surface area contributed by atoms with Crippen molar-refractivity contribution in [3.63, 3.8) is 0 Å². The Hall–Kier alpha value is -2.21. The number of halogens is 1. The number of carbonyl (C=O) groups is 1. The van der Waals surface area contributed by atoms with Crippen molar-refractivity contribution in [1.29, 1.82) is 0 Å². The molecule has 2 rings (SSSR count). The number of azo groups is 1. The second-order valence-electron chi connectivity index (χ2n) is 3.88. The van der Waals surface area contributed by atoms with Crippen molar-refractivity contribution in [2.75, 3.05) is 7.11 Å². The van der Waals surface area contributed by atoms with Gasteiger partial charge < -0.3 is 9.84 Å². The lowest BCUT2D eigenvalue weighted by molar-refractivity contribution is 0.112. The van der Waals surface area contributed by atoms with E-state index >= 15 is 0 Å². The van der Waals surface area contributed by atoms with Crippen LogP contribution in [-0.4, -0.2) is 18.5 Å². The van der Waals surface area contributed by atoms with Gasteiger partial charge in [-0.15, -0.1) is 5.11 Å². The summed E-state index contributed by atoms with van der Waals surface area (Å²) in [5.41, 5.74) is 1.20. The number of nitrogens with zero attached hydrogens (tertiary/aromatic N) is 2. The van der Waals surface area contributed by atoms with E-state index in [1.54, 1.807) is 25.3 Å². The van der Waals surface area contributed by atoms with Gasteiger partial charge in [-0.3, -0.25) is 4.79 Å². The molecular formula is C14H11BrN2O3. The molecule has 5 nitrogen and oxygen atoms in total. The Kier molecular flexibility index (Phi) is 4.47. The molecule has 0 atom stereocenters. The fraction of sp³-hybridized carbons (Fsp3) is 0.0714. The minimum Gasteiger partial charge on any atom is -0.507 e. The highest BCUT2D eigenvalue weighted by atomic mass is 79.9. The van der Waals surface area contributed by atoms with Gasteiger partial charge in [0.05, 0.1) is 18.4 Å². The fourth-order valence-corrected chi connectivity index (χ4v) is 1.88. The summed E-state index contributed by atoms with van der Waals surface area (Å²) in [7, 11) is 1.55. The highest BCUT2D eigenvalue weighted by Gasteiger charge is 2.04. The third-order valence-electron chi connectivity index (χ3n) is 2.55. The number of hydrogen-bond donors (Lipinski definition) is 1. The monoisotopic (exact) mass is 334 g/mol. The molecule has 2 aromatic rings. The van der Waals surface area contributed by atoms with Crippen LogP contribution in [0.4, 0.5) is 11.4 Å². The molecule has 102 valence electrons. The van der Waals surface area contributed by atoms with Crippen LogP contribution in [0.15, 0.2) is 51.1 Å². The number of phenols is 1. The van der Waals surface area contributed by atoms with Gasteiger partial charge in [-0.2, -0.15) is 5.11 Å². The van der Waals surface area contributed by atoms with E-state index in [1.165, 1.54) is 12.1 Å². The average Bonchev–Trinajstić information content (AvgIpc) is 2.47. The summed E-state index contributed by atoms with van der Waals surface area (Å²) in [6.45, 7) is 0. The number of carbonyl (C=O) groups excluding carboxylic acids is 1. The van der Waals surface area contributed by atoms with E-state index in [0.717, 1.165) is 4.47 Å². The number of aromatic hydroxyl groups is 1. The molecule has 0 radical (unpaired) electrons. The Balaban J connectivity index is 2.32. The lowest BCUT2D eigenvalue weighted by atomic mass is 10.2. The number of ether oxygens (including phenoxy) is 1. The van der Waals surface area contributed by atoms with Gasteiger partial charge in [0.15, 0.2) is 6.29 Å². The van der Waals surface area contributed by atoms with Gasteiger partial charge in [0, 0.05) is 4.47 Å². The van der Waals surface area contributed by atoms with Crippen LogP contribution >= 0.6 is 15.9 Å². The number of hydrogen-bond acceptors (Lipinski definition) is 5. The summed E-state index contributed by atoms with van der Waals surface area (Å²) in [5.74, 6) is 0.498. The molecule has 0 unspecified atom stereocenters. The molecule has 6 heteroatoms. The summed E-state index contributed by atoms with van der Waals surface area (Å²) in [6.07, 6.45) is 0.564. The zero-order valence-electron chi connectivity index (χ0n) is 10.6. The van der Waals surface area contributed by atoms with Crippen LogP contribution in [0, 0.1) is 0 Å². The van der Waals surface area contributed by atoms with E-state index in [4.69, 9.17) is 4.74 Å². The molecule has 0 bridgehead atoms. The highest BCUT2D eigenvalue weighted by Crippen LogP contribution is 2.32. The molecule has 0 amide bonds. The Morgan fingerprint density at radius 3 is 2.70 bits per heavy atom. The van der Waals surface area contributed by atoms with Gasteiger partial charge >= 0.3 is 0 Å². The fourth-order valence-electron chi connectivity index (χ4n) is 1.54. The molecule has 0 aromatic heterocycles. The van der Waals surface area contributed by atoms with Gasteiger partial charge in [-0.05, 0) is 36.4 Å². The minimum absolute atomic E-state index is 0.0832. The summed E-state index contributed by atoms with van der Waals surface area (Å²) in [5, 5.41) is 17.5. The molecule has 0 aliphatic rings. The van der Waals surface area contributed by atoms with Gasteiger partial charge in [-0.1, -0.05) is 15.9 Å². The van der Waals surface area contributed by atoms with Crippen molar-refractivity contribution in [2.45, 2.75) is 0 Å². The van der Waals surface area contributed by atoms with E-state index in [9.17, 15) is 9.90 Å². The topological polar surface area (TPSA) is 71.2 Å². The van der Waals surface area contributed by atoms with Crippen LogP contribution in [0.3, 0.4) is 0 Å². The first-order chi connectivity index (χ1) is 9.63. The molecule has 2 aromatic carbocycles. The number of rotatable bonds is 4. The van der Waals surface area contributed by atoms with Crippen LogP contribution in [0.2, 0.25) is 0 Å². The molecule has 20 heavy (non-hydrogen) atoms. The maximum Gasteiger partial charge on any atom is 0.153 e. The van der Waals surface area contributed by atoms with Crippen molar-refractivity contribution in [2.24, 2.45) is 10.2 Å². The van der Waals surface area contributed by atoms with Crippen molar-refractivity contribution >= 4 is 33.6 Å². The van der Waals surface area contributed by atoms with Gasteiger partial charge in [0.2, 0.25) is 0 Å².